The predicted octanol–water partition coefficient (Wildman–Crippen LogP) is 5.53. The normalized spacial score (nSPS) is 13.4. The molecule has 0 aromatic carbocycles. The Morgan fingerprint density at radius 2 is 1.73 bits per heavy atom. The summed E-state index contributed by atoms with van der Waals surface area (Å²) in [5.41, 5.74) is 5.44. The van der Waals surface area contributed by atoms with Crippen LogP contribution in [0.3, 0.4) is 0 Å². The number of nitrogen functional groups attached to an aromatic ring is 1. The number of thiophene rings is 1. The number of hydrogen-bond donors (Lipinski definition) is 2. The smallest absolute Gasteiger partial charge is 0.384 e. The van der Waals surface area contributed by atoms with Gasteiger partial charge < -0.3 is 11.1 Å². The van der Waals surface area contributed by atoms with Gasteiger partial charge in [0.25, 0.3) is 5.91 Å². The highest BCUT2D eigenvalue weighted by atomic mass is 32.1. The van der Waals surface area contributed by atoms with E-state index in [4.69, 9.17) is 5.73 Å². The third-order valence-electron chi connectivity index (χ3n) is 4.49. The van der Waals surface area contributed by atoms with E-state index in [0.29, 0.717) is 11.3 Å². The van der Waals surface area contributed by atoms with Gasteiger partial charge in [0.2, 0.25) is 0 Å². The first kappa shape index (κ1) is 26.2. The van der Waals surface area contributed by atoms with Gasteiger partial charge in [0.05, 0.1) is 11.9 Å². The number of amides is 1. The van der Waals surface area contributed by atoms with E-state index in [1.807, 2.05) is 0 Å². The Balaban J connectivity index is 0.000000289. The van der Waals surface area contributed by atoms with Crippen LogP contribution in [-0.2, 0) is 11.0 Å². The minimum absolute atomic E-state index is 0.0339. The molecule has 3 heterocycles. The largest absolute Gasteiger partial charge is 0.427 e. The molecule has 1 saturated carbocycles. The standard InChI is InChI=1S/C12H8F3N5OS.C6H12.C3H5FO/c13-12(14,15)9-7(2-4-22-9)18-11(21)6-5-17-20-3-1-8(16)19-10(6)20;1-2-4-6-5-3-1;1-3(5)2-4/h1-5H,(H2,16,19)(H,18,21);1-6H2;2H2,1H3. The third kappa shape index (κ3) is 8.12. The van der Waals surface area contributed by atoms with Crippen molar-refractivity contribution in [2.24, 2.45) is 0 Å². The van der Waals surface area contributed by atoms with Gasteiger partial charge >= 0.3 is 6.18 Å². The molecule has 33 heavy (non-hydrogen) atoms. The van der Waals surface area contributed by atoms with Gasteiger partial charge in [-0.1, -0.05) is 38.5 Å². The van der Waals surface area contributed by atoms with Gasteiger partial charge in [-0.3, -0.25) is 9.59 Å². The van der Waals surface area contributed by atoms with E-state index in [-0.39, 0.29) is 22.7 Å². The van der Waals surface area contributed by atoms with Gasteiger partial charge in [0.1, 0.15) is 22.9 Å². The average Bonchev–Trinajstić information content (AvgIpc) is 3.42. The molecule has 180 valence electrons. The molecule has 1 aliphatic rings. The van der Waals surface area contributed by atoms with E-state index in [0.717, 1.165) is 0 Å². The Labute approximate surface area is 192 Å². The minimum atomic E-state index is -4.53. The van der Waals surface area contributed by atoms with Gasteiger partial charge in [-0.25, -0.2) is 13.9 Å². The van der Waals surface area contributed by atoms with Crippen LogP contribution in [0.4, 0.5) is 29.1 Å². The quantitative estimate of drug-likeness (QED) is 0.473. The van der Waals surface area contributed by atoms with Crippen molar-refractivity contribution >= 4 is 40.2 Å². The monoisotopic (exact) mass is 487 g/mol. The lowest BCUT2D eigenvalue weighted by atomic mass is 10.0. The predicted molar refractivity (Wildman–Crippen MR) is 119 cm³/mol. The summed E-state index contributed by atoms with van der Waals surface area (Å²) in [7, 11) is 0. The fraction of sp³-hybridized carbons (Fsp3) is 0.429. The minimum Gasteiger partial charge on any atom is -0.384 e. The van der Waals surface area contributed by atoms with Crippen LogP contribution in [-0.4, -0.2) is 33.0 Å². The molecule has 1 fully saturated rings. The van der Waals surface area contributed by atoms with E-state index in [2.05, 4.69) is 15.4 Å². The molecule has 12 heteroatoms. The molecule has 3 aromatic heterocycles. The lowest BCUT2D eigenvalue weighted by Crippen LogP contribution is -2.15. The highest BCUT2D eigenvalue weighted by Gasteiger charge is 2.35. The average molecular weight is 488 g/mol. The van der Waals surface area contributed by atoms with Crippen molar-refractivity contribution in [1.82, 2.24) is 14.6 Å². The second-order valence-corrected chi connectivity index (χ2v) is 8.17. The topological polar surface area (TPSA) is 102 Å². The first-order valence-electron chi connectivity index (χ1n) is 10.2. The number of anilines is 2. The van der Waals surface area contributed by atoms with Gasteiger partial charge in [-0.05, 0) is 24.4 Å². The fourth-order valence-corrected chi connectivity index (χ4v) is 3.64. The third-order valence-corrected chi connectivity index (χ3v) is 5.45. The maximum atomic E-state index is 12.8. The number of nitrogens with zero attached hydrogens (tertiary/aromatic N) is 3. The molecule has 0 saturated heterocycles. The highest BCUT2D eigenvalue weighted by Crippen LogP contribution is 2.39. The zero-order valence-electron chi connectivity index (χ0n) is 18.0. The van der Waals surface area contributed by atoms with Crippen LogP contribution in [0, 0.1) is 0 Å². The van der Waals surface area contributed by atoms with Crippen LogP contribution in [0.15, 0.2) is 29.9 Å². The molecule has 4 rings (SSSR count). The lowest BCUT2D eigenvalue weighted by molar-refractivity contribution is -0.133. The number of carbonyl (C=O) groups is 2. The molecular formula is C21H25F4N5O2S. The number of nitrogens with two attached hydrogens (primary N) is 1. The molecule has 3 aromatic rings. The summed E-state index contributed by atoms with van der Waals surface area (Å²) in [5, 5.41) is 7.38. The second kappa shape index (κ2) is 12.3. The number of hydrogen-bond acceptors (Lipinski definition) is 6. The highest BCUT2D eigenvalue weighted by molar-refractivity contribution is 7.10. The van der Waals surface area contributed by atoms with Crippen LogP contribution in [0.5, 0.6) is 0 Å². The van der Waals surface area contributed by atoms with Gasteiger partial charge in [0.15, 0.2) is 11.4 Å². The first-order valence-corrected chi connectivity index (χ1v) is 11.1. The molecule has 0 bridgehead atoms. The van der Waals surface area contributed by atoms with Crippen molar-refractivity contribution in [3.8, 4) is 0 Å². The van der Waals surface area contributed by atoms with E-state index >= 15 is 0 Å². The summed E-state index contributed by atoms with van der Waals surface area (Å²) in [6, 6.07) is 2.68. The lowest BCUT2D eigenvalue weighted by Gasteiger charge is -2.08. The second-order valence-electron chi connectivity index (χ2n) is 7.25. The van der Waals surface area contributed by atoms with E-state index in [1.165, 1.54) is 79.9 Å². The zero-order valence-corrected chi connectivity index (χ0v) is 18.8. The Hall–Kier alpha value is -3.02. The van der Waals surface area contributed by atoms with Crippen LogP contribution < -0.4 is 11.1 Å². The number of alkyl halides is 4. The van der Waals surface area contributed by atoms with Crippen molar-refractivity contribution in [1.29, 1.82) is 0 Å². The van der Waals surface area contributed by atoms with Crippen molar-refractivity contribution in [3.63, 3.8) is 0 Å². The molecule has 1 amide bonds. The number of Topliss-reactive ketones (excluding diaryl/α,β-unsaturated/α-hetero) is 1. The Morgan fingerprint density at radius 3 is 2.24 bits per heavy atom. The fourth-order valence-electron chi connectivity index (χ4n) is 2.92. The molecule has 0 spiro atoms. The molecule has 7 nitrogen and oxygen atoms in total. The van der Waals surface area contributed by atoms with Crippen LogP contribution in [0.25, 0.3) is 5.65 Å². The van der Waals surface area contributed by atoms with Crippen LogP contribution >= 0.6 is 11.3 Å². The molecule has 0 radical (unpaired) electrons. The molecule has 1 aliphatic carbocycles. The van der Waals surface area contributed by atoms with E-state index < -0.39 is 29.4 Å². The van der Waals surface area contributed by atoms with Gasteiger partial charge in [0, 0.05) is 6.20 Å². The summed E-state index contributed by atoms with van der Waals surface area (Å²) in [4.78, 5) is 24.7. The maximum absolute atomic E-state index is 12.8. The van der Waals surface area contributed by atoms with Crippen molar-refractivity contribution in [2.45, 2.75) is 51.6 Å². The number of rotatable bonds is 3. The van der Waals surface area contributed by atoms with Crippen LogP contribution in [0.2, 0.25) is 0 Å². The summed E-state index contributed by atoms with van der Waals surface area (Å²) >= 11 is 0.506. The summed E-state index contributed by atoms with van der Waals surface area (Å²) in [5.74, 6) is -0.976. The zero-order chi connectivity index (χ0) is 24.4. The molecule has 0 unspecified atom stereocenters. The molecule has 3 N–H and O–H groups in total. The van der Waals surface area contributed by atoms with E-state index in [9.17, 15) is 27.2 Å². The SMILES string of the molecule is C1CCCCC1.CC(=O)CF.Nc1ccn2ncc(C(=O)Nc3ccsc3C(F)(F)F)c2n1. The summed E-state index contributed by atoms with van der Waals surface area (Å²) in [6.07, 6.45) is 7.19. The Bertz CT molecular complexity index is 1050. The van der Waals surface area contributed by atoms with Crippen molar-refractivity contribution in [2.75, 3.05) is 17.7 Å². The number of ketones is 1. The van der Waals surface area contributed by atoms with Crippen molar-refractivity contribution < 1.29 is 27.2 Å². The summed E-state index contributed by atoms with van der Waals surface area (Å²) in [6.45, 7) is 0.375. The van der Waals surface area contributed by atoms with Crippen LogP contribution in [0.1, 0.15) is 60.7 Å². The van der Waals surface area contributed by atoms with Gasteiger partial charge in [-0.15, -0.1) is 11.3 Å². The number of fused-ring (bicyclic) bond motifs is 1. The number of aromatic nitrogens is 3. The van der Waals surface area contributed by atoms with E-state index in [1.54, 1.807) is 0 Å². The Morgan fingerprint density at radius 1 is 1.15 bits per heavy atom. The number of nitrogens with one attached hydrogen (secondary N) is 1. The Kier molecular flexibility index (Phi) is 9.76. The van der Waals surface area contributed by atoms with Gasteiger partial charge in [-0.2, -0.15) is 18.3 Å². The molecular weight excluding hydrogens is 462 g/mol. The molecule has 0 atom stereocenters. The maximum Gasteiger partial charge on any atom is 0.427 e. The van der Waals surface area contributed by atoms with Crippen molar-refractivity contribution in [3.05, 3.63) is 40.3 Å². The number of halogens is 4. The number of carbonyl (C=O) groups excluding carboxylic acids is 2. The molecule has 0 aliphatic heterocycles. The first-order chi connectivity index (χ1) is 15.6. The summed E-state index contributed by atoms with van der Waals surface area (Å²) < 4.78 is 50.5.